The van der Waals surface area contributed by atoms with Crippen molar-refractivity contribution in [2.24, 2.45) is 0 Å². The van der Waals surface area contributed by atoms with Crippen LogP contribution in [-0.2, 0) is 9.53 Å². The molecule has 1 aromatic carbocycles. The lowest BCUT2D eigenvalue weighted by atomic mass is 10.1. The molecule has 21 heavy (non-hydrogen) atoms. The largest absolute Gasteiger partial charge is 0.467 e. The molecule has 3 rings (SSSR count). The van der Waals surface area contributed by atoms with Crippen molar-refractivity contribution in [1.29, 1.82) is 0 Å². The number of benzene rings is 1. The average Bonchev–Trinajstić information content (AvgIpc) is 3.22. The zero-order valence-corrected chi connectivity index (χ0v) is 12.2. The van der Waals surface area contributed by atoms with Crippen molar-refractivity contribution in [3.63, 3.8) is 0 Å². The number of nitrogens with zero attached hydrogens (tertiary/aromatic N) is 2. The molecule has 0 bridgehead atoms. The van der Waals surface area contributed by atoms with Gasteiger partial charge in [-0.1, -0.05) is 12.1 Å². The molecule has 1 saturated carbocycles. The van der Waals surface area contributed by atoms with Crippen molar-refractivity contribution in [3.8, 4) is 0 Å². The first-order valence-corrected chi connectivity index (χ1v) is 7.12. The zero-order valence-electron chi connectivity index (χ0n) is 12.2. The Kier molecular flexibility index (Phi) is 3.64. The molecule has 1 N–H and O–H groups in total. The second-order valence-electron chi connectivity index (χ2n) is 5.43. The normalized spacial score (nSPS) is 15.5. The molecule has 5 nitrogen and oxygen atoms in total. The fourth-order valence-electron chi connectivity index (χ4n) is 2.47. The lowest BCUT2D eigenvalue weighted by molar-refractivity contribution is -0.141. The molecule has 1 atom stereocenters. The van der Waals surface area contributed by atoms with Crippen LogP contribution in [0.4, 0.5) is 5.69 Å². The molecule has 1 unspecified atom stereocenters. The van der Waals surface area contributed by atoms with Crippen LogP contribution in [0.1, 0.15) is 36.2 Å². The Morgan fingerprint density at radius 2 is 2.29 bits per heavy atom. The Bertz CT molecular complexity index is 646. The predicted octanol–water partition coefficient (Wildman–Crippen LogP) is 2.85. The SMILES string of the molecule is COC(=O)C(Nc1cccc(C)c1)c1cncn1C1CC1. The number of imidazole rings is 1. The number of methoxy groups -OCH3 is 1. The summed E-state index contributed by atoms with van der Waals surface area (Å²) in [6.45, 7) is 2.02. The fraction of sp³-hybridized carbons (Fsp3) is 0.375. The van der Waals surface area contributed by atoms with Crippen molar-refractivity contribution < 1.29 is 9.53 Å². The van der Waals surface area contributed by atoms with Crippen molar-refractivity contribution in [2.45, 2.75) is 31.8 Å². The third-order valence-electron chi connectivity index (χ3n) is 3.70. The number of ether oxygens (including phenoxy) is 1. The topological polar surface area (TPSA) is 56.1 Å². The van der Waals surface area contributed by atoms with Crippen LogP contribution in [0.3, 0.4) is 0 Å². The Labute approximate surface area is 124 Å². The van der Waals surface area contributed by atoms with Gasteiger partial charge in [-0.05, 0) is 37.5 Å². The first-order valence-electron chi connectivity index (χ1n) is 7.12. The van der Waals surface area contributed by atoms with Gasteiger partial charge in [0.1, 0.15) is 0 Å². The maximum Gasteiger partial charge on any atom is 0.334 e. The van der Waals surface area contributed by atoms with Crippen molar-refractivity contribution in [2.75, 3.05) is 12.4 Å². The van der Waals surface area contributed by atoms with E-state index in [2.05, 4.69) is 14.9 Å². The lowest BCUT2D eigenvalue weighted by Crippen LogP contribution is -2.24. The molecule has 0 spiro atoms. The highest BCUT2D eigenvalue weighted by Gasteiger charge is 2.31. The minimum atomic E-state index is -0.542. The maximum atomic E-state index is 12.2. The lowest BCUT2D eigenvalue weighted by Gasteiger charge is -2.19. The molecular formula is C16H19N3O2. The van der Waals surface area contributed by atoms with E-state index in [0.29, 0.717) is 6.04 Å². The van der Waals surface area contributed by atoms with Gasteiger partial charge < -0.3 is 14.6 Å². The van der Waals surface area contributed by atoms with E-state index in [1.165, 1.54) is 7.11 Å². The first kappa shape index (κ1) is 13.7. The molecule has 0 saturated heterocycles. The third-order valence-corrected chi connectivity index (χ3v) is 3.70. The van der Waals surface area contributed by atoms with Gasteiger partial charge in [0.25, 0.3) is 0 Å². The molecular weight excluding hydrogens is 266 g/mol. The van der Waals surface area contributed by atoms with Crippen LogP contribution in [0.5, 0.6) is 0 Å². The van der Waals surface area contributed by atoms with Gasteiger partial charge in [-0.3, -0.25) is 0 Å². The summed E-state index contributed by atoms with van der Waals surface area (Å²) in [4.78, 5) is 16.4. The molecule has 5 heteroatoms. The predicted molar refractivity (Wildman–Crippen MR) is 80.1 cm³/mol. The van der Waals surface area contributed by atoms with E-state index in [1.54, 1.807) is 12.5 Å². The molecule has 1 aromatic heterocycles. The summed E-state index contributed by atoms with van der Waals surface area (Å²) in [6, 6.07) is 7.86. The van der Waals surface area contributed by atoms with Crippen LogP contribution in [0.15, 0.2) is 36.8 Å². The van der Waals surface area contributed by atoms with E-state index < -0.39 is 6.04 Å². The van der Waals surface area contributed by atoms with Gasteiger partial charge in [0.15, 0.2) is 6.04 Å². The number of carbonyl (C=O) groups excluding carboxylic acids is 1. The Morgan fingerprint density at radius 1 is 1.48 bits per heavy atom. The summed E-state index contributed by atoms with van der Waals surface area (Å²) < 4.78 is 7.03. The number of rotatable bonds is 5. The van der Waals surface area contributed by atoms with Crippen molar-refractivity contribution in [3.05, 3.63) is 48.0 Å². The van der Waals surface area contributed by atoms with Crippen LogP contribution >= 0.6 is 0 Å². The van der Waals surface area contributed by atoms with E-state index >= 15 is 0 Å². The van der Waals surface area contributed by atoms with Gasteiger partial charge in [-0.2, -0.15) is 0 Å². The van der Waals surface area contributed by atoms with Gasteiger partial charge in [0, 0.05) is 11.7 Å². The number of anilines is 1. The van der Waals surface area contributed by atoms with E-state index in [9.17, 15) is 4.79 Å². The quantitative estimate of drug-likeness (QED) is 0.858. The average molecular weight is 285 g/mol. The fourth-order valence-corrected chi connectivity index (χ4v) is 2.47. The van der Waals surface area contributed by atoms with Crippen LogP contribution < -0.4 is 5.32 Å². The second kappa shape index (κ2) is 5.60. The van der Waals surface area contributed by atoms with E-state index in [-0.39, 0.29) is 5.97 Å². The number of esters is 1. The standard InChI is InChI=1S/C16H19N3O2/c1-11-4-3-5-12(8-11)18-15(16(20)21-2)14-9-17-10-19(14)13-6-7-13/h3-5,8-10,13,15,18H,6-7H2,1-2H3. The highest BCUT2D eigenvalue weighted by atomic mass is 16.5. The summed E-state index contributed by atoms with van der Waals surface area (Å²) >= 11 is 0. The molecule has 0 amide bonds. The van der Waals surface area contributed by atoms with E-state index in [1.807, 2.05) is 31.2 Å². The van der Waals surface area contributed by atoms with Crippen LogP contribution in [0.2, 0.25) is 0 Å². The highest BCUT2D eigenvalue weighted by molar-refractivity contribution is 5.80. The van der Waals surface area contributed by atoms with Gasteiger partial charge in [0.05, 0.1) is 25.3 Å². The smallest absolute Gasteiger partial charge is 0.334 e. The third kappa shape index (κ3) is 2.91. The summed E-state index contributed by atoms with van der Waals surface area (Å²) in [6.07, 6.45) is 5.81. The Balaban J connectivity index is 1.90. The number of hydrogen-bond acceptors (Lipinski definition) is 4. The number of carbonyl (C=O) groups is 1. The molecule has 1 aliphatic carbocycles. The molecule has 110 valence electrons. The number of hydrogen-bond donors (Lipinski definition) is 1. The van der Waals surface area contributed by atoms with Crippen LogP contribution in [0.25, 0.3) is 0 Å². The molecule has 2 aromatic rings. The first-order chi connectivity index (χ1) is 10.2. The van der Waals surface area contributed by atoms with Gasteiger partial charge in [-0.15, -0.1) is 0 Å². The molecule has 1 fully saturated rings. The number of nitrogens with one attached hydrogen (secondary N) is 1. The van der Waals surface area contributed by atoms with E-state index in [4.69, 9.17) is 4.74 Å². The minimum Gasteiger partial charge on any atom is -0.467 e. The van der Waals surface area contributed by atoms with Crippen LogP contribution in [0, 0.1) is 6.92 Å². The monoisotopic (exact) mass is 285 g/mol. The van der Waals surface area contributed by atoms with E-state index in [0.717, 1.165) is 29.8 Å². The highest BCUT2D eigenvalue weighted by Crippen LogP contribution is 2.37. The molecule has 1 aliphatic rings. The number of aryl methyl sites for hydroxylation is 1. The van der Waals surface area contributed by atoms with Gasteiger partial charge in [0.2, 0.25) is 0 Å². The molecule has 1 heterocycles. The Morgan fingerprint density at radius 3 is 2.95 bits per heavy atom. The maximum absolute atomic E-state index is 12.2. The summed E-state index contributed by atoms with van der Waals surface area (Å²) in [5, 5.41) is 3.26. The minimum absolute atomic E-state index is 0.307. The second-order valence-corrected chi connectivity index (χ2v) is 5.43. The zero-order chi connectivity index (χ0) is 14.8. The Hall–Kier alpha value is -2.30. The summed E-state index contributed by atoms with van der Waals surface area (Å²) in [5.74, 6) is -0.307. The molecule has 0 radical (unpaired) electrons. The van der Waals surface area contributed by atoms with Crippen LogP contribution in [-0.4, -0.2) is 22.6 Å². The van der Waals surface area contributed by atoms with Crippen molar-refractivity contribution >= 4 is 11.7 Å². The molecule has 0 aliphatic heterocycles. The summed E-state index contributed by atoms with van der Waals surface area (Å²) in [5.41, 5.74) is 2.89. The van der Waals surface area contributed by atoms with Gasteiger partial charge >= 0.3 is 5.97 Å². The van der Waals surface area contributed by atoms with Gasteiger partial charge in [-0.25, -0.2) is 9.78 Å². The number of aromatic nitrogens is 2. The summed E-state index contributed by atoms with van der Waals surface area (Å²) in [7, 11) is 1.41. The van der Waals surface area contributed by atoms with Crippen molar-refractivity contribution in [1.82, 2.24) is 9.55 Å².